The van der Waals surface area contributed by atoms with E-state index >= 15 is 0 Å². The number of carbonyl (C=O) groups is 1. The second kappa shape index (κ2) is 5.81. The van der Waals surface area contributed by atoms with Gasteiger partial charge in [0.15, 0.2) is 0 Å². The van der Waals surface area contributed by atoms with Gasteiger partial charge in [-0.3, -0.25) is 4.79 Å². The first-order chi connectivity index (χ1) is 9.72. The van der Waals surface area contributed by atoms with E-state index in [4.69, 9.17) is 4.74 Å². The Kier molecular flexibility index (Phi) is 3.90. The molecular weight excluding hydrogens is 252 g/mol. The van der Waals surface area contributed by atoms with Crippen LogP contribution >= 0.6 is 0 Å². The number of likely N-dealkylation sites (tertiary alicyclic amines) is 1. The molecule has 1 saturated carbocycles. The largest absolute Gasteiger partial charge is 0.474 e. The number of ether oxygens (including phenoxy) is 1. The summed E-state index contributed by atoms with van der Waals surface area (Å²) < 4.78 is 5.96. The summed E-state index contributed by atoms with van der Waals surface area (Å²) in [7, 11) is 0. The van der Waals surface area contributed by atoms with Crippen molar-refractivity contribution in [3.63, 3.8) is 0 Å². The van der Waals surface area contributed by atoms with E-state index in [1.54, 1.807) is 0 Å². The van der Waals surface area contributed by atoms with Crippen molar-refractivity contribution in [1.29, 1.82) is 0 Å². The molecular formula is C16H22N2O2. The number of carbonyl (C=O) groups excluding carboxylic acids is 1. The third-order valence-corrected chi connectivity index (χ3v) is 4.34. The van der Waals surface area contributed by atoms with E-state index in [0.717, 1.165) is 56.6 Å². The van der Waals surface area contributed by atoms with E-state index in [1.807, 2.05) is 25.1 Å². The van der Waals surface area contributed by atoms with Crippen LogP contribution in [0, 0.1) is 6.92 Å². The number of rotatable bonds is 3. The number of nitrogens with zero attached hydrogens (tertiary/aromatic N) is 2. The molecule has 1 aliphatic carbocycles. The van der Waals surface area contributed by atoms with Crippen LogP contribution in [0.5, 0.6) is 5.88 Å². The monoisotopic (exact) mass is 274 g/mol. The van der Waals surface area contributed by atoms with Crippen LogP contribution < -0.4 is 4.74 Å². The lowest BCUT2D eigenvalue weighted by Gasteiger charge is -2.34. The van der Waals surface area contributed by atoms with Gasteiger partial charge in [-0.2, -0.15) is 0 Å². The Morgan fingerprint density at radius 2 is 2.05 bits per heavy atom. The molecule has 0 N–H and O–H groups in total. The molecule has 1 saturated heterocycles. The van der Waals surface area contributed by atoms with Crippen molar-refractivity contribution < 1.29 is 9.53 Å². The first-order valence-corrected chi connectivity index (χ1v) is 7.62. The molecule has 1 aliphatic heterocycles. The minimum atomic E-state index is 0.248. The zero-order valence-electron chi connectivity index (χ0n) is 12.0. The fourth-order valence-electron chi connectivity index (χ4n) is 3.28. The van der Waals surface area contributed by atoms with Gasteiger partial charge in [-0.05, 0) is 45.1 Å². The van der Waals surface area contributed by atoms with E-state index in [1.165, 1.54) is 0 Å². The van der Waals surface area contributed by atoms with Crippen LogP contribution in [-0.4, -0.2) is 34.5 Å². The fraction of sp³-hybridized carbons (Fsp3) is 0.625. The second-order valence-corrected chi connectivity index (χ2v) is 5.86. The highest BCUT2D eigenvalue weighted by Crippen LogP contribution is 2.28. The first-order valence-electron chi connectivity index (χ1n) is 7.62. The highest BCUT2D eigenvalue weighted by Gasteiger charge is 2.31. The summed E-state index contributed by atoms with van der Waals surface area (Å²) in [5.74, 6) is 1.07. The van der Waals surface area contributed by atoms with Gasteiger partial charge in [0, 0.05) is 30.8 Å². The van der Waals surface area contributed by atoms with Crippen molar-refractivity contribution in [2.24, 2.45) is 0 Å². The Bertz CT molecular complexity index is 481. The summed E-state index contributed by atoms with van der Waals surface area (Å²) in [4.78, 5) is 18.2. The van der Waals surface area contributed by atoms with Crippen molar-refractivity contribution in [3.05, 3.63) is 23.9 Å². The van der Waals surface area contributed by atoms with Crippen LogP contribution in [0.2, 0.25) is 0 Å². The molecule has 0 atom stereocenters. The zero-order chi connectivity index (χ0) is 13.9. The maximum atomic E-state index is 11.8. The zero-order valence-corrected chi connectivity index (χ0v) is 12.0. The van der Waals surface area contributed by atoms with E-state index < -0.39 is 0 Å². The van der Waals surface area contributed by atoms with Crippen LogP contribution in [0.25, 0.3) is 0 Å². The maximum Gasteiger partial charge on any atom is 0.222 e. The molecule has 0 radical (unpaired) electrons. The van der Waals surface area contributed by atoms with E-state index in [-0.39, 0.29) is 6.10 Å². The number of hydrogen-bond donors (Lipinski definition) is 0. The molecule has 0 aromatic carbocycles. The summed E-state index contributed by atoms with van der Waals surface area (Å²) in [5, 5.41) is 0. The number of pyridine rings is 1. The molecule has 0 bridgehead atoms. The SMILES string of the molecule is Cc1cccc(OC2CCC(N3CCCC3=O)CC2)n1. The van der Waals surface area contributed by atoms with Crippen molar-refractivity contribution in [2.75, 3.05) is 6.54 Å². The average Bonchev–Trinajstić information content (AvgIpc) is 2.86. The molecule has 2 fully saturated rings. The third-order valence-electron chi connectivity index (χ3n) is 4.34. The predicted octanol–water partition coefficient (Wildman–Crippen LogP) is 2.70. The second-order valence-electron chi connectivity index (χ2n) is 5.86. The molecule has 1 aromatic rings. The van der Waals surface area contributed by atoms with Gasteiger partial charge in [-0.1, -0.05) is 6.07 Å². The Hall–Kier alpha value is -1.58. The molecule has 2 aliphatic rings. The van der Waals surface area contributed by atoms with Gasteiger partial charge in [0.05, 0.1) is 0 Å². The van der Waals surface area contributed by atoms with E-state index in [0.29, 0.717) is 11.9 Å². The molecule has 4 heteroatoms. The van der Waals surface area contributed by atoms with Gasteiger partial charge >= 0.3 is 0 Å². The summed E-state index contributed by atoms with van der Waals surface area (Å²) in [6, 6.07) is 6.31. The predicted molar refractivity (Wildman–Crippen MR) is 76.6 cm³/mol. The molecule has 1 amide bonds. The molecule has 0 unspecified atom stereocenters. The number of aryl methyl sites for hydroxylation is 1. The molecule has 20 heavy (non-hydrogen) atoms. The molecule has 4 nitrogen and oxygen atoms in total. The lowest BCUT2D eigenvalue weighted by molar-refractivity contribution is -0.130. The highest BCUT2D eigenvalue weighted by atomic mass is 16.5. The Balaban J connectivity index is 1.52. The summed E-state index contributed by atoms with van der Waals surface area (Å²) >= 11 is 0. The summed E-state index contributed by atoms with van der Waals surface area (Å²) in [5.41, 5.74) is 0.985. The fourth-order valence-corrected chi connectivity index (χ4v) is 3.28. The minimum absolute atomic E-state index is 0.248. The van der Waals surface area contributed by atoms with Crippen LogP contribution in [0.15, 0.2) is 18.2 Å². The Morgan fingerprint density at radius 1 is 1.25 bits per heavy atom. The van der Waals surface area contributed by atoms with Gasteiger partial charge in [0.1, 0.15) is 6.10 Å². The van der Waals surface area contributed by atoms with Crippen molar-refractivity contribution in [3.8, 4) is 5.88 Å². The molecule has 3 rings (SSSR count). The van der Waals surface area contributed by atoms with Gasteiger partial charge in [0.2, 0.25) is 11.8 Å². The van der Waals surface area contributed by atoms with Crippen molar-refractivity contribution in [2.45, 2.75) is 57.6 Å². The number of amides is 1. The minimum Gasteiger partial charge on any atom is -0.474 e. The molecule has 2 heterocycles. The van der Waals surface area contributed by atoms with Gasteiger partial charge in [-0.25, -0.2) is 4.98 Å². The molecule has 0 spiro atoms. The van der Waals surface area contributed by atoms with Crippen LogP contribution in [-0.2, 0) is 4.79 Å². The smallest absolute Gasteiger partial charge is 0.222 e. The van der Waals surface area contributed by atoms with Gasteiger partial charge in [-0.15, -0.1) is 0 Å². The number of hydrogen-bond acceptors (Lipinski definition) is 3. The van der Waals surface area contributed by atoms with E-state index in [9.17, 15) is 4.79 Å². The van der Waals surface area contributed by atoms with Crippen LogP contribution in [0.3, 0.4) is 0 Å². The van der Waals surface area contributed by atoms with Crippen molar-refractivity contribution in [1.82, 2.24) is 9.88 Å². The van der Waals surface area contributed by atoms with Gasteiger partial charge in [0.25, 0.3) is 0 Å². The maximum absolute atomic E-state index is 11.8. The molecule has 1 aromatic heterocycles. The lowest BCUT2D eigenvalue weighted by atomic mass is 9.92. The normalized spacial score (nSPS) is 26.9. The van der Waals surface area contributed by atoms with Crippen molar-refractivity contribution >= 4 is 5.91 Å². The number of aromatic nitrogens is 1. The van der Waals surface area contributed by atoms with Crippen LogP contribution in [0.4, 0.5) is 0 Å². The quantitative estimate of drug-likeness (QED) is 0.851. The highest BCUT2D eigenvalue weighted by molar-refractivity contribution is 5.78. The standard InChI is InChI=1S/C16H22N2O2/c1-12-4-2-5-15(17-12)20-14-9-7-13(8-10-14)18-11-3-6-16(18)19/h2,4-5,13-14H,3,6-11H2,1H3. The Morgan fingerprint density at radius 3 is 2.70 bits per heavy atom. The Labute approximate surface area is 120 Å². The van der Waals surface area contributed by atoms with Crippen LogP contribution in [0.1, 0.15) is 44.2 Å². The topological polar surface area (TPSA) is 42.4 Å². The lowest BCUT2D eigenvalue weighted by Crippen LogP contribution is -2.40. The molecule has 108 valence electrons. The average molecular weight is 274 g/mol. The third kappa shape index (κ3) is 2.94. The van der Waals surface area contributed by atoms with Gasteiger partial charge < -0.3 is 9.64 Å². The first kappa shape index (κ1) is 13.4. The summed E-state index contributed by atoms with van der Waals surface area (Å²) in [6.07, 6.45) is 6.17. The van der Waals surface area contributed by atoms with E-state index in [2.05, 4.69) is 9.88 Å². The summed E-state index contributed by atoms with van der Waals surface area (Å²) in [6.45, 7) is 2.93.